The Hall–Kier alpha value is -3.66. The Bertz CT molecular complexity index is 2200. The highest BCUT2D eigenvalue weighted by Gasteiger charge is 2.59. The van der Waals surface area contributed by atoms with E-state index in [2.05, 4.69) is 102 Å². The van der Waals surface area contributed by atoms with E-state index in [9.17, 15) is 18.0 Å². The third kappa shape index (κ3) is 12.1. The number of nitrogens with one attached hydrogen (secondary N) is 1. The number of esters is 2. The van der Waals surface area contributed by atoms with Gasteiger partial charge >= 0.3 is 11.9 Å². The fourth-order valence-electron chi connectivity index (χ4n) is 15.1. The number of H-pyrrole nitrogens is 1. The van der Waals surface area contributed by atoms with Gasteiger partial charge in [-0.3, -0.25) is 24.2 Å². The first-order valence-corrected chi connectivity index (χ1v) is 27.7. The molecular weight excluding hydrogens is 925 g/mol. The van der Waals surface area contributed by atoms with E-state index in [4.69, 9.17) is 19.3 Å². The number of nitrogens with zero attached hydrogens (tertiary/aromatic N) is 1. The number of hydrogen-bond acceptors (Lipinski definition) is 11. The average molecular weight is 1010 g/mol. The maximum atomic E-state index is 11.4. The first-order chi connectivity index (χ1) is 32.2. The van der Waals surface area contributed by atoms with Crippen molar-refractivity contribution in [1.29, 1.82) is 0 Å². The molecule has 0 aromatic carbocycles. The van der Waals surface area contributed by atoms with Crippen molar-refractivity contribution in [2.24, 2.45) is 57.2 Å². The van der Waals surface area contributed by atoms with Crippen LogP contribution in [-0.2, 0) is 38.6 Å². The quantitative estimate of drug-likeness (QED) is 0.0725. The summed E-state index contributed by atoms with van der Waals surface area (Å²) >= 11 is 0.867. The van der Waals surface area contributed by atoms with Crippen LogP contribution in [0, 0.1) is 57.2 Å². The minimum atomic E-state index is -3.67. The minimum absolute atomic E-state index is 0. The average Bonchev–Trinajstić information content (AvgIpc) is 3.84. The number of hydrogen-bond donors (Lipinski definition) is 1. The summed E-state index contributed by atoms with van der Waals surface area (Å²) in [6.07, 6.45) is 36.9. The molecule has 0 bridgehead atoms. The lowest BCUT2D eigenvalue weighted by Crippen LogP contribution is -2.50. The van der Waals surface area contributed by atoms with E-state index in [1.807, 2.05) is 18.6 Å². The lowest BCUT2D eigenvalue weighted by Gasteiger charge is -2.57. The molecule has 70 heavy (non-hydrogen) atoms. The van der Waals surface area contributed by atoms with Gasteiger partial charge in [0.1, 0.15) is 12.2 Å². The van der Waals surface area contributed by atoms with Gasteiger partial charge in [-0.15, -0.1) is 0 Å². The fraction of sp³-hybridized carbons (Fsp3) is 0.643. The van der Waals surface area contributed by atoms with Crippen LogP contribution in [0.5, 0.6) is 0 Å². The SMILES string of the molecule is C.C.CC(=O)O[C@H]1CC[C@@]2(C)C(=CCC3C2CC[C@]2(C)C(c4ccc[nH+]c4)=CCC32)C1.CC(=O)O[C@H]1CC[C@@]2(C)C(=CCC3C2CC[C@]2(C)C(c4cccnc4)=CCC32)C1.CS(=O)(=O)O.CSOO[O-]. The molecular formula is C56H82N2O10S2. The Morgan fingerprint density at radius 2 is 1.17 bits per heavy atom. The number of aromatic nitrogens is 2. The summed E-state index contributed by atoms with van der Waals surface area (Å²) < 4.78 is 40.7. The summed E-state index contributed by atoms with van der Waals surface area (Å²) in [7, 11) is -3.67. The van der Waals surface area contributed by atoms with Crippen LogP contribution in [-0.4, -0.2) is 54.6 Å². The zero-order valence-corrected chi connectivity index (χ0v) is 43.0. The molecule has 2 N–H and O–H groups in total. The van der Waals surface area contributed by atoms with Crippen molar-refractivity contribution in [3.63, 3.8) is 0 Å². The molecule has 0 aliphatic heterocycles. The maximum absolute atomic E-state index is 11.4. The van der Waals surface area contributed by atoms with Gasteiger partial charge in [0, 0.05) is 69.0 Å². The van der Waals surface area contributed by atoms with Crippen LogP contribution in [0.4, 0.5) is 0 Å². The number of ether oxygens (including phenoxy) is 2. The predicted molar refractivity (Wildman–Crippen MR) is 275 cm³/mol. The molecule has 4 saturated carbocycles. The topological polar surface area (TPSA) is 176 Å². The van der Waals surface area contributed by atoms with Crippen molar-refractivity contribution in [2.45, 2.75) is 158 Å². The number of carbonyl (C=O) groups is 2. The number of aromatic amines is 1. The van der Waals surface area contributed by atoms with Gasteiger partial charge in [0.25, 0.3) is 10.1 Å². The second-order valence-corrected chi connectivity index (χ2v) is 23.6. The molecule has 4 fully saturated rings. The molecule has 14 heteroatoms. The van der Waals surface area contributed by atoms with Crippen LogP contribution < -0.4 is 10.2 Å². The number of allylic oxidation sites excluding steroid dienone is 6. The van der Waals surface area contributed by atoms with Gasteiger partial charge < -0.3 is 14.7 Å². The van der Waals surface area contributed by atoms with Crippen LogP contribution in [0.15, 0.2) is 84.5 Å². The molecule has 10 rings (SSSR count). The molecule has 0 saturated heterocycles. The summed E-state index contributed by atoms with van der Waals surface area (Å²) in [5.41, 5.74) is 10.1. The zero-order valence-electron chi connectivity index (χ0n) is 41.3. The highest BCUT2D eigenvalue weighted by molar-refractivity contribution is 7.93. The highest BCUT2D eigenvalue weighted by atomic mass is 32.2. The summed E-state index contributed by atoms with van der Waals surface area (Å²) in [6.45, 7) is 13.1. The summed E-state index contributed by atoms with van der Waals surface area (Å²) in [6, 6.07) is 8.68. The first-order valence-electron chi connectivity index (χ1n) is 24.7. The standard InChI is InChI=1S/2C26H33NO2.2CH4O3S.2CH4/c2*1-17(28)29-20-10-12-25(2)19(15-20)6-7-21-23-9-8-22(18-5-4-14-27-16-18)26(23,3)13-11-24(21)25;1-5(2,3)4;1-5-4-3-2;;/h2*4-6,8,14,16,20-21,23-24H,7,9-13,15H2,1-3H3;1H3,(H,2,3,4);2H,1H3;2*1H4/t2*20-,21?,23?,24?,25-,26+;;;;/m00..../s1. The van der Waals surface area contributed by atoms with E-state index in [1.54, 1.807) is 23.0 Å². The van der Waals surface area contributed by atoms with Gasteiger partial charge in [0.15, 0.2) is 12.4 Å². The van der Waals surface area contributed by atoms with Crippen LogP contribution in [0.2, 0.25) is 0 Å². The van der Waals surface area contributed by atoms with E-state index in [1.165, 1.54) is 81.9 Å². The second kappa shape index (κ2) is 23.5. The lowest BCUT2D eigenvalue weighted by atomic mass is 9.47. The van der Waals surface area contributed by atoms with Crippen molar-refractivity contribution >= 4 is 45.2 Å². The summed E-state index contributed by atoms with van der Waals surface area (Å²) in [5, 5.41) is 11.7. The molecule has 0 amide bonds. The third-order valence-electron chi connectivity index (χ3n) is 18.0. The fourth-order valence-corrected chi connectivity index (χ4v) is 15.1. The van der Waals surface area contributed by atoms with E-state index >= 15 is 0 Å². The van der Waals surface area contributed by atoms with Crippen molar-refractivity contribution in [3.05, 3.63) is 95.6 Å². The normalized spacial score (nSPS) is 35.2. The zero-order chi connectivity index (χ0) is 49.1. The van der Waals surface area contributed by atoms with E-state index in [-0.39, 0.29) is 49.8 Å². The van der Waals surface area contributed by atoms with Crippen molar-refractivity contribution in [1.82, 2.24) is 4.98 Å². The van der Waals surface area contributed by atoms with E-state index in [0.717, 1.165) is 86.1 Å². The van der Waals surface area contributed by atoms with E-state index < -0.39 is 10.1 Å². The Balaban J connectivity index is 0.000000214. The molecule has 388 valence electrons. The number of pyridine rings is 2. The monoisotopic (exact) mass is 1010 g/mol. The molecule has 12 nitrogen and oxygen atoms in total. The molecule has 0 spiro atoms. The van der Waals surface area contributed by atoms with Crippen molar-refractivity contribution in [3.8, 4) is 0 Å². The van der Waals surface area contributed by atoms with Gasteiger partial charge in [-0.25, -0.2) is 4.98 Å². The molecule has 2 aromatic rings. The molecule has 8 aliphatic rings. The van der Waals surface area contributed by atoms with Gasteiger partial charge in [0.05, 0.1) is 6.26 Å². The first kappa shape index (κ1) is 57.2. The van der Waals surface area contributed by atoms with E-state index in [0.29, 0.717) is 17.1 Å². The van der Waals surface area contributed by atoms with Crippen molar-refractivity contribution in [2.75, 3.05) is 12.5 Å². The Labute approximate surface area is 423 Å². The third-order valence-corrected chi connectivity index (χ3v) is 18.2. The smallest absolute Gasteiger partial charge is 0.302 e. The Morgan fingerprint density at radius 1 is 0.714 bits per heavy atom. The summed E-state index contributed by atoms with van der Waals surface area (Å²) in [5.74, 6) is 4.28. The lowest BCUT2D eigenvalue weighted by molar-refractivity contribution is -0.777. The maximum Gasteiger partial charge on any atom is 0.302 e. The van der Waals surface area contributed by atoms with Gasteiger partial charge in [0.2, 0.25) is 0 Å². The minimum Gasteiger partial charge on any atom is -0.691 e. The predicted octanol–water partition coefficient (Wildman–Crippen LogP) is 11.6. The van der Waals surface area contributed by atoms with Gasteiger partial charge in [-0.1, -0.05) is 84.1 Å². The molecule has 8 aliphatic carbocycles. The number of fused-ring (bicyclic) bond motifs is 10. The number of rotatable bonds is 6. The number of carbonyl (C=O) groups excluding carboxylic acids is 2. The molecule has 12 atom stereocenters. The summed E-state index contributed by atoms with van der Waals surface area (Å²) in [4.78, 5) is 30.5. The highest BCUT2D eigenvalue weighted by Crippen LogP contribution is 2.68. The molecule has 2 aromatic heterocycles. The van der Waals surface area contributed by atoms with Gasteiger partial charge in [-0.2, -0.15) is 12.8 Å². The van der Waals surface area contributed by atoms with Crippen LogP contribution in [0.3, 0.4) is 0 Å². The van der Waals surface area contributed by atoms with Crippen LogP contribution in [0.1, 0.15) is 157 Å². The Morgan fingerprint density at radius 3 is 1.56 bits per heavy atom. The van der Waals surface area contributed by atoms with Crippen molar-refractivity contribution < 1.29 is 51.6 Å². The largest absolute Gasteiger partial charge is 0.691 e. The second-order valence-electron chi connectivity index (χ2n) is 21.7. The molecule has 6 unspecified atom stereocenters. The van der Waals surface area contributed by atoms with Crippen LogP contribution >= 0.6 is 12.0 Å². The van der Waals surface area contributed by atoms with Gasteiger partial charge in [-0.05, 0) is 163 Å². The Kier molecular flexibility index (Phi) is 19.2. The van der Waals surface area contributed by atoms with Crippen LogP contribution in [0.25, 0.3) is 11.1 Å². The molecule has 2 heterocycles. The molecule has 0 radical (unpaired) electrons.